The molecule has 0 saturated heterocycles. The smallest absolute Gasteiger partial charge is 0.464 e. The molecule has 4 aliphatic carbocycles. The summed E-state index contributed by atoms with van der Waals surface area (Å²) < 4.78 is 31.7. The summed E-state index contributed by atoms with van der Waals surface area (Å²) in [5, 5.41) is 43.2. The summed E-state index contributed by atoms with van der Waals surface area (Å²) in [6.07, 6.45) is -0.0686. The van der Waals surface area contributed by atoms with E-state index in [1.165, 1.54) is 25.2 Å². The van der Waals surface area contributed by atoms with Crippen molar-refractivity contribution >= 4 is 23.7 Å². The third-order valence-corrected chi connectivity index (χ3v) is 10.3. The number of aliphatic hydroxyl groups is 3. The van der Waals surface area contributed by atoms with Crippen LogP contribution >= 0.6 is 0 Å². The molecule has 0 aromatic heterocycles. The van der Waals surface area contributed by atoms with Crippen molar-refractivity contribution in [3.8, 4) is 0 Å². The summed E-state index contributed by atoms with van der Waals surface area (Å²) in [5.74, 6) is -3.89. The van der Waals surface area contributed by atoms with Gasteiger partial charge in [-0.05, 0) is 63.5 Å². The van der Waals surface area contributed by atoms with Gasteiger partial charge in [0.25, 0.3) is 5.09 Å². The van der Waals surface area contributed by atoms with Crippen molar-refractivity contribution in [1.29, 1.82) is 0 Å². The standard InChI is InChI=1S/C29H39FN2O13/c1-26-8-7-17(33)11-16(26)5-6-18-19-12-21(34)29(39,27(19,2)13-22(35)28(18,26)30)23(36)15-44-25(38)43-14-20(31)24(37)42-9-3-4-10-45-32(40)41/h7-8,11,18-22,34-35,39H,3-6,9-10,12-15,31H2,1-2H3/t18-,19-,20?,21+,22-,26-,27-,28-,29-/m0/s1. The van der Waals surface area contributed by atoms with Gasteiger partial charge in [0.05, 0.1) is 25.4 Å². The van der Waals surface area contributed by atoms with Gasteiger partial charge in [0.1, 0.15) is 12.6 Å². The molecule has 1 unspecified atom stereocenters. The molecule has 0 radical (unpaired) electrons. The number of allylic oxidation sites excluding steroid dienone is 4. The lowest BCUT2D eigenvalue weighted by Crippen LogP contribution is -2.69. The third kappa shape index (κ3) is 5.84. The van der Waals surface area contributed by atoms with Gasteiger partial charge >= 0.3 is 12.1 Å². The van der Waals surface area contributed by atoms with Gasteiger partial charge in [0.15, 0.2) is 23.7 Å². The first-order chi connectivity index (χ1) is 21.0. The molecule has 4 rings (SSSR count). The topological polar surface area (TPSA) is 235 Å². The monoisotopic (exact) mass is 642 g/mol. The minimum atomic E-state index is -2.50. The van der Waals surface area contributed by atoms with E-state index >= 15 is 4.39 Å². The number of halogens is 1. The highest BCUT2D eigenvalue weighted by molar-refractivity contribution is 6.01. The second kappa shape index (κ2) is 12.7. The Morgan fingerprint density at radius 3 is 2.51 bits per heavy atom. The summed E-state index contributed by atoms with van der Waals surface area (Å²) in [5.41, 5.74) is -1.35. The largest absolute Gasteiger partial charge is 0.508 e. The molecular weight excluding hydrogens is 603 g/mol. The number of hydrogen-bond acceptors (Lipinski definition) is 14. The number of esters is 1. The zero-order valence-corrected chi connectivity index (χ0v) is 25.0. The van der Waals surface area contributed by atoms with Crippen LogP contribution in [0.25, 0.3) is 0 Å². The van der Waals surface area contributed by atoms with Gasteiger partial charge in [-0.1, -0.05) is 18.6 Å². The number of unbranched alkanes of at least 4 members (excludes halogenated alkanes) is 1. The number of rotatable bonds is 12. The Bertz CT molecular complexity index is 1290. The first-order valence-corrected chi connectivity index (χ1v) is 14.8. The Kier molecular flexibility index (Phi) is 9.73. The van der Waals surface area contributed by atoms with Crippen molar-refractivity contribution in [3.05, 3.63) is 33.9 Å². The molecule has 16 heteroatoms. The first-order valence-electron chi connectivity index (χ1n) is 14.8. The van der Waals surface area contributed by atoms with E-state index in [-0.39, 0.29) is 44.7 Å². The van der Waals surface area contributed by atoms with Crippen molar-refractivity contribution < 1.29 is 63.0 Å². The van der Waals surface area contributed by atoms with Crippen LogP contribution in [0.1, 0.15) is 52.4 Å². The molecule has 0 aromatic rings. The highest BCUT2D eigenvalue weighted by Gasteiger charge is 2.76. The minimum Gasteiger partial charge on any atom is -0.464 e. The van der Waals surface area contributed by atoms with E-state index < -0.39 is 94.8 Å². The molecule has 0 aromatic carbocycles. The SMILES string of the molecule is C[C@]12C=CC(=O)C=C1CC[C@H]1[C@@H]3C[C@@H](O)[C@](O)(C(=O)COC(=O)OCC(N)C(=O)OCCCCO[N+](=O)[O-])[C@@]3(C)C[C@H](O)[C@@]12F. The number of hydrogen-bond donors (Lipinski definition) is 4. The van der Waals surface area contributed by atoms with Crippen LogP contribution in [0.3, 0.4) is 0 Å². The molecule has 0 heterocycles. The molecule has 5 N–H and O–H groups in total. The number of nitrogens with two attached hydrogens (primary N) is 1. The highest BCUT2D eigenvalue weighted by atomic mass is 19.1. The molecule has 4 aliphatic rings. The fraction of sp³-hybridized carbons (Fsp3) is 0.724. The van der Waals surface area contributed by atoms with Gasteiger partial charge < -0.3 is 40.1 Å². The van der Waals surface area contributed by atoms with E-state index in [1.54, 1.807) is 6.92 Å². The van der Waals surface area contributed by atoms with Crippen molar-refractivity contribution in [2.24, 2.45) is 28.4 Å². The van der Waals surface area contributed by atoms with Crippen molar-refractivity contribution in [3.63, 3.8) is 0 Å². The van der Waals surface area contributed by atoms with Gasteiger partial charge in [-0.15, -0.1) is 10.1 Å². The fourth-order valence-corrected chi connectivity index (χ4v) is 7.85. The van der Waals surface area contributed by atoms with Crippen LogP contribution in [0.4, 0.5) is 9.18 Å². The van der Waals surface area contributed by atoms with Crippen molar-refractivity contribution in [2.45, 2.75) is 81.9 Å². The average Bonchev–Trinajstić information content (AvgIpc) is 3.18. The Balaban J connectivity index is 1.34. The summed E-state index contributed by atoms with van der Waals surface area (Å²) >= 11 is 0. The number of ether oxygens (including phenoxy) is 3. The maximum Gasteiger partial charge on any atom is 0.508 e. The lowest BCUT2D eigenvalue weighted by molar-refractivity contribution is -0.757. The maximum atomic E-state index is 17.2. The molecule has 3 saturated carbocycles. The number of nitrogens with zero attached hydrogens (tertiary/aromatic N) is 1. The van der Waals surface area contributed by atoms with Crippen molar-refractivity contribution in [1.82, 2.24) is 0 Å². The minimum absolute atomic E-state index is 0.111. The second-order valence-corrected chi connectivity index (χ2v) is 12.6. The van der Waals surface area contributed by atoms with Gasteiger partial charge in [-0.25, -0.2) is 9.18 Å². The normalized spacial score (nSPS) is 37.3. The predicted molar refractivity (Wildman–Crippen MR) is 148 cm³/mol. The van der Waals surface area contributed by atoms with E-state index in [0.717, 1.165) is 0 Å². The lowest BCUT2D eigenvalue weighted by atomic mass is 9.44. The molecular formula is C29H39FN2O13. The summed E-state index contributed by atoms with van der Waals surface area (Å²) in [7, 11) is 0. The van der Waals surface area contributed by atoms with Crippen LogP contribution in [-0.2, 0) is 33.4 Å². The molecule has 0 spiro atoms. The van der Waals surface area contributed by atoms with E-state index in [1.807, 2.05) is 0 Å². The Morgan fingerprint density at radius 2 is 1.82 bits per heavy atom. The number of alkyl halides is 1. The number of fused-ring (bicyclic) bond motifs is 5. The van der Waals surface area contributed by atoms with Crippen LogP contribution in [0.15, 0.2) is 23.8 Å². The molecule has 0 bridgehead atoms. The van der Waals surface area contributed by atoms with E-state index in [0.29, 0.717) is 12.0 Å². The molecule has 0 amide bonds. The van der Waals surface area contributed by atoms with Gasteiger partial charge in [-0.3, -0.25) is 14.4 Å². The molecule has 0 aliphatic heterocycles. The number of aliphatic hydroxyl groups excluding tert-OH is 2. The van der Waals surface area contributed by atoms with Gasteiger partial charge in [0, 0.05) is 16.7 Å². The van der Waals surface area contributed by atoms with Crippen LogP contribution in [0.5, 0.6) is 0 Å². The number of carbonyl (C=O) groups is 4. The van der Waals surface area contributed by atoms with E-state index in [2.05, 4.69) is 4.84 Å². The number of ketones is 2. The Morgan fingerprint density at radius 1 is 1.13 bits per heavy atom. The number of carbonyl (C=O) groups excluding carboxylic acids is 4. The summed E-state index contributed by atoms with van der Waals surface area (Å²) in [4.78, 5) is 63.7. The quantitative estimate of drug-likeness (QED) is 0.0990. The third-order valence-electron chi connectivity index (χ3n) is 10.3. The average molecular weight is 643 g/mol. The van der Waals surface area contributed by atoms with Crippen LogP contribution in [-0.4, -0.2) is 100 Å². The number of Topliss-reactive ketones (excluding diaryl/α,β-unsaturated/α-hetero) is 1. The lowest BCUT2D eigenvalue weighted by Gasteiger charge is -2.62. The zero-order chi connectivity index (χ0) is 33.4. The molecule has 3 fully saturated rings. The van der Waals surface area contributed by atoms with E-state index in [4.69, 9.17) is 19.9 Å². The van der Waals surface area contributed by atoms with Crippen LogP contribution in [0, 0.1) is 32.8 Å². The Hall–Kier alpha value is -3.47. The van der Waals surface area contributed by atoms with Gasteiger partial charge in [-0.2, -0.15) is 0 Å². The molecule has 15 nitrogen and oxygen atoms in total. The fourth-order valence-electron chi connectivity index (χ4n) is 7.85. The van der Waals surface area contributed by atoms with E-state index in [9.17, 15) is 44.6 Å². The molecule has 250 valence electrons. The second-order valence-electron chi connectivity index (χ2n) is 12.6. The van der Waals surface area contributed by atoms with Gasteiger partial charge in [0.2, 0.25) is 5.78 Å². The first kappa shape index (κ1) is 34.4. The maximum absolute atomic E-state index is 17.2. The Labute approximate surface area is 257 Å². The molecule has 45 heavy (non-hydrogen) atoms. The summed E-state index contributed by atoms with van der Waals surface area (Å²) in [6, 6.07) is -1.40. The van der Waals surface area contributed by atoms with Crippen LogP contribution in [0.2, 0.25) is 0 Å². The predicted octanol–water partition coefficient (Wildman–Crippen LogP) is 0.640. The van der Waals surface area contributed by atoms with Crippen LogP contribution < -0.4 is 5.73 Å². The highest BCUT2D eigenvalue weighted by Crippen LogP contribution is 2.69. The molecule has 9 atom stereocenters. The summed E-state index contributed by atoms with van der Waals surface area (Å²) in [6.45, 7) is 1.13. The van der Waals surface area contributed by atoms with Crippen molar-refractivity contribution in [2.75, 3.05) is 26.4 Å². The zero-order valence-electron chi connectivity index (χ0n) is 25.0.